The Hall–Kier alpha value is -0.910. The molecule has 2 aromatic rings. The van der Waals surface area contributed by atoms with E-state index in [4.69, 9.17) is 0 Å². The quantitative estimate of drug-likeness (QED) is 0.797. The second-order valence-corrected chi connectivity index (χ2v) is 8.71. The second kappa shape index (κ2) is 7.38. The number of rotatable bonds is 6. The molecule has 1 atom stereocenters. The van der Waals surface area contributed by atoms with Crippen LogP contribution >= 0.6 is 24.4 Å². The van der Waals surface area contributed by atoms with Gasteiger partial charge < -0.3 is 0 Å². The standard InChI is InChI=1S/C16H18O2S3/c1-13(11-12-19)21(17,18)16-9-7-15(8-10-16)20-14-5-3-2-4-6-14/h2-10,13,19H,11-12H2,1H3. The highest BCUT2D eigenvalue weighted by atomic mass is 32.2. The number of hydrogen-bond acceptors (Lipinski definition) is 4. The molecule has 1 unspecified atom stereocenters. The summed E-state index contributed by atoms with van der Waals surface area (Å²) in [5, 5.41) is -0.400. The molecule has 0 fully saturated rings. The summed E-state index contributed by atoms with van der Waals surface area (Å²) in [5.41, 5.74) is 0. The van der Waals surface area contributed by atoms with Gasteiger partial charge >= 0.3 is 0 Å². The van der Waals surface area contributed by atoms with Crippen LogP contribution in [0.2, 0.25) is 0 Å². The van der Waals surface area contributed by atoms with E-state index in [1.165, 1.54) is 0 Å². The van der Waals surface area contributed by atoms with Crippen molar-refractivity contribution in [1.82, 2.24) is 0 Å². The zero-order valence-corrected chi connectivity index (χ0v) is 14.3. The fourth-order valence-corrected chi connectivity index (χ4v) is 4.70. The summed E-state index contributed by atoms with van der Waals surface area (Å²) < 4.78 is 24.7. The zero-order valence-electron chi connectivity index (χ0n) is 11.8. The van der Waals surface area contributed by atoms with E-state index in [1.54, 1.807) is 30.8 Å². The van der Waals surface area contributed by atoms with Gasteiger partial charge in [0.15, 0.2) is 9.84 Å². The van der Waals surface area contributed by atoms with E-state index in [-0.39, 0.29) is 0 Å². The molecule has 112 valence electrons. The maximum absolute atomic E-state index is 12.4. The molecule has 0 N–H and O–H groups in total. The molecule has 0 radical (unpaired) electrons. The Kier molecular flexibility index (Phi) is 5.79. The molecule has 0 saturated heterocycles. The molecule has 0 aliphatic heterocycles. The summed E-state index contributed by atoms with van der Waals surface area (Å²) in [6, 6.07) is 17.1. The summed E-state index contributed by atoms with van der Waals surface area (Å²) in [6.07, 6.45) is 0.561. The number of thiol groups is 1. The van der Waals surface area contributed by atoms with Gasteiger partial charge in [0, 0.05) is 9.79 Å². The predicted molar refractivity (Wildman–Crippen MR) is 92.1 cm³/mol. The van der Waals surface area contributed by atoms with Crippen LogP contribution in [-0.2, 0) is 9.84 Å². The third-order valence-electron chi connectivity index (χ3n) is 3.20. The lowest BCUT2D eigenvalue weighted by Gasteiger charge is -2.12. The SMILES string of the molecule is CC(CCS)S(=O)(=O)c1ccc(Sc2ccccc2)cc1. The largest absolute Gasteiger partial charge is 0.223 e. The molecule has 2 nitrogen and oxygen atoms in total. The first-order valence-electron chi connectivity index (χ1n) is 6.72. The Balaban J connectivity index is 2.15. The van der Waals surface area contributed by atoms with Crippen molar-refractivity contribution in [2.45, 2.75) is 33.3 Å². The molecule has 0 spiro atoms. The van der Waals surface area contributed by atoms with E-state index in [0.29, 0.717) is 17.1 Å². The van der Waals surface area contributed by atoms with Crippen molar-refractivity contribution in [3.63, 3.8) is 0 Å². The van der Waals surface area contributed by atoms with Crippen molar-refractivity contribution in [1.29, 1.82) is 0 Å². The zero-order chi connectivity index (χ0) is 15.3. The molecule has 5 heteroatoms. The lowest BCUT2D eigenvalue weighted by molar-refractivity contribution is 0.581. The summed E-state index contributed by atoms with van der Waals surface area (Å²) in [4.78, 5) is 2.55. The molecule has 0 saturated carbocycles. The maximum atomic E-state index is 12.4. The van der Waals surface area contributed by atoms with Crippen LogP contribution in [0.5, 0.6) is 0 Å². The molecule has 0 aromatic heterocycles. The molecule has 0 amide bonds. The van der Waals surface area contributed by atoms with Crippen molar-refractivity contribution in [3.8, 4) is 0 Å². The van der Waals surface area contributed by atoms with Gasteiger partial charge in [-0.05, 0) is 55.5 Å². The monoisotopic (exact) mass is 338 g/mol. The first kappa shape index (κ1) is 16.5. The average molecular weight is 339 g/mol. The smallest absolute Gasteiger partial charge is 0.180 e. The van der Waals surface area contributed by atoms with E-state index in [9.17, 15) is 8.42 Å². The Morgan fingerprint density at radius 2 is 1.57 bits per heavy atom. The van der Waals surface area contributed by atoms with Crippen LogP contribution < -0.4 is 0 Å². The second-order valence-electron chi connectivity index (χ2n) is 4.75. The lowest BCUT2D eigenvalue weighted by Crippen LogP contribution is -2.18. The molecule has 0 aliphatic carbocycles. The van der Waals surface area contributed by atoms with Crippen molar-refractivity contribution < 1.29 is 8.42 Å². The van der Waals surface area contributed by atoms with Gasteiger partial charge in [-0.2, -0.15) is 12.6 Å². The summed E-state index contributed by atoms with van der Waals surface area (Å²) in [7, 11) is -3.25. The van der Waals surface area contributed by atoms with Crippen molar-refractivity contribution >= 4 is 34.2 Å². The number of sulfone groups is 1. The van der Waals surface area contributed by atoms with E-state index in [2.05, 4.69) is 12.6 Å². The summed E-state index contributed by atoms with van der Waals surface area (Å²) >= 11 is 5.73. The third-order valence-corrected chi connectivity index (χ3v) is 6.69. The predicted octanol–water partition coefficient (Wildman–Crippen LogP) is 4.32. The van der Waals surface area contributed by atoms with Gasteiger partial charge in [0.2, 0.25) is 0 Å². The van der Waals surface area contributed by atoms with E-state index >= 15 is 0 Å². The van der Waals surface area contributed by atoms with E-state index < -0.39 is 15.1 Å². The van der Waals surface area contributed by atoms with Gasteiger partial charge in [0.1, 0.15) is 0 Å². The molecule has 21 heavy (non-hydrogen) atoms. The van der Waals surface area contributed by atoms with Crippen molar-refractivity contribution in [2.24, 2.45) is 0 Å². The minimum atomic E-state index is -3.25. The average Bonchev–Trinajstić information content (AvgIpc) is 2.49. The molecular formula is C16H18O2S3. The van der Waals surface area contributed by atoms with Crippen LogP contribution in [0, 0.1) is 0 Å². The highest BCUT2D eigenvalue weighted by molar-refractivity contribution is 7.99. The fourth-order valence-electron chi connectivity index (χ4n) is 1.89. The van der Waals surface area contributed by atoms with Crippen molar-refractivity contribution in [2.75, 3.05) is 5.75 Å². The summed E-state index contributed by atoms with van der Waals surface area (Å²) in [5.74, 6) is 0.572. The van der Waals surface area contributed by atoms with Gasteiger partial charge in [0.05, 0.1) is 10.1 Å². The first-order valence-corrected chi connectivity index (χ1v) is 9.71. The van der Waals surface area contributed by atoms with Gasteiger partial charge in [-0.1, -0.05) is 30.0 Å². The lowest BCUT2D eigenvalue weighted by atomic mass is 10.4. The third kappa shape index (κ3) is 4.28. The molecule has 0 aliphatic rings. The maximum Gasteiger partial charge on any atom is 0.180 e. The Bertz CT molecular complexity index is 664. The minimum Gasteiger partial charge on any atom is -0.223 e. The van der Waals surface area contributed by atoms with Gasteiger partial charge in [-0.3, -0.25) is 0 Å². The van der Waals surface area contributed by atoms with Crippen LogP contribution in [0.3, 0.4) is 0 Å². The van der Waals surface area contributed by atoms with Crippen LogP contribution in [0.25, 0.3) is 0 Å². The molecule has 2 rings (SSSR count). The highest BCUT2D eigenvalue weighted by Gasteiger charge is 2.22. The van der Waals surface area contributed by atoms with Gasteiger partial charge in [-0.25, -0.2) is 8.42 Å². The molecule has 2 aromatic carbocycles. The molecule has 0 heterocycles. The molecule has 0 bridgehead atoms. The Morgan fingerprint density at radius 3 is 2.14 bits per heavy atom. The Morgan fingerprint density at radius 1 is 1.00 bits per heavy atom. The van der Waals surface area contributed by atoms with Crippen LogP contribution in [0.4, 0.5) is 0 Å². The minimum absolute atomic E-state index is 0.384. The van der Waals surface area contributed by atoms with Crippen molar-refractivity contribution in [3.05, 3.63) is 54.6 Å². The van der Waals surface area contributed by atoms with Gasteiger partial charge in [0.25, 0.3) is 0 Å². The number of benzene rings is 2. The number of hydrogen-bond donors (Lipinski definition) is 1. The van der Waals surface area contributed by atoms with E-state index in [1.807, 2.05) is 42.5 Å². The van der Waals surface area contributed by atoms with Crippen LogP contribution in [0.15, 0.2) is 69.3 Å². The van der Waals surface area contributed by atoms with Crippen LogP contribution in [0.1, 0.15) is 13.3 Å². The normalized spacial score (nSPS) is 13.0. The first-order chi connectivity index (χ1) is 10.0. The highest BCUT2D eigenvalue weighted by Crippen LogP contribution is 2.29. The van der Waals surface area contributed by atoms with Gasteiger partial charge in [-0.15, -0.1) is 0 Å². The topological polar surface area (TPSA) is 34.1 Å². The molecular weight excluding hydrogens is 320 g/mol. The van der Waals surface area contributed by atoms with Crippen LogP contribution in [-0.4, -0.2) is 19.4 Å². The Labute approximate surface area is 136 Å². The summed E-state index contributed by atoms with van der Waals surface area (Å²) in [6.45, 7) is 1.73. The fraction of sp³-hybridized carbons (Fsp3) is 0.250. The van der Waals surface area contributed by atoms with E-state index in [0.717, 1.165) is 9.79 Å².